The van der Waals surface area contributed by atoms with Gasteiger partial charge in [0.25, 0.3) is 5.91 Å². The minimum absolute atomic E-state index is 0.00711. The van der Waals surface area contributed by atoms with Crippen LogP contribution in [0.5, 0.6) is 5.88 Å². The fourth-order valence-corrected chi connectivity index (χ4v) is 3.93. The lowest BCUT2D eigenvalue weighted by Crippen LogP contribution is -2.49. The third-order valence-corrected chi connectivity index (χ3v) is 5.57. The molecule has 0 spiro atoms. The Hall–Kier alpha value is -2.90. The molecule has 2 aromatic rings. The van der Waals surface area contributed by atoms with Gasteiger partial charge in [-0.05, 0) is 32.3 Å². The lowest BCUT2D eigenvalue weighted by atomic mass is 10.1. The van der Waals surface area contributed by atoms with Gasteiger partial charge in [0.15, 0.2) is 0 Å². The third kappa shape index (κ3) is 4.41. The molecule has 29 heavy (non-hydrogen) atoms. The van der Waals surface area contributed by atoms with Crippen LogP contribution in [0, 0.1) is 6.92 Å². The van der Waals surface area contributed by atoms with Gasteiger partial charge in [0.1, 0.15) is 17.5 Å². The Morgan fingerprint density at radius 3 is 2.17 bits per heavy atom. The predicted octanol–water partition coefficient (Wildman–Crippen LogP) is 2.14. The summed E-state index contributed by atoms with van der Waals surface area (Å²) in [6.07, 6.45) is 5.32. The van der Waals surface area contributed by atoms with Gasteiger partial charge in [-0.3, -0.25) is 4.79 Å². The van der Waals surface area contributed by atoms with Crippen LogP contribution in [-0.4, -0.2) is 72.1 Å². The molecule has 4 heterocycles. The molecular formula is C21H28N6O2. The van der Waals surface area contributed by atoms with Gasteiger partial charge in [0, 0.05) is 57.6 Å². The summed E-state index contributed by atoms with van der Waals surface area (Å²) in [6, 6.07) is 5.58. The number of amides is 1. The first-order valence-corrected chi connectivity index (χ1v) is 10.3. The van der Waals surface area contributed by atoms with Gasteiger partial charge in [0.2, 0.25) is 5.88 Å². The van der Waals surface area contributed by atoms with Crippen molar-refractivity contribution in [3.05, 3.63) is 35.8 Å². The van der Waals surface area contributed by atoms with E-state index in [0.717, 1.165) is 43.6 Å². The van der Waals surface area contributed by atoms with Crippen LogP contribution in [0.2, 0.25) is 0 Å². The van der Waals surface area contributed by atoms with Crippen molar-refractivity contribution in [3.63, 3.8) is 0 Å². The molecule has 2 aliphatic heterocycles. The van der Waals surface area contributed by atoms with E-state index in [-0.39, 0.29) is 5.91 Å². The van der Waals surface area contributed by atoms with Crippen LogP contribution in [-0.2, 0) is 0 Å². The molecule has 8 heteroatoms. The summed E-state index contributed by atoms with van der Waals surface area (Å²) in [5.41, 5.74) is 0.588. The molecule has 154 valence electrons. The number of nitrogens with zero attached hydrogens (tertiary/aromatic N) is 6. The van der Waals surface area contributed by atoms with Crippen LogP contribution in [0.3, 0.4) is 0 Å². The van der Waals surface area contributed by atoms with E-state index in [1.807, 2.05) is 11.8 Å². The molecule has 0 bridgehead atoms. The zero-order valence-electron chi connectivity index (χ0n) is 17.2. The smallest absolute Gasteiger partial charge is 0.255 e. The highest BCUT2D eigenvalue weighted by atomic mass is 16.5. The van der Waals surface area contributed by atoms with Crippen molar-refractivity contribution in [2.75, 3.05) is 56.2 Å². The number of anilines is 2. The summed E-state index contributed by atoms with van der Waals surface area (Å²) in [6.45, 7) is 6.91. The van der Waals surface area contributed by atoms with Crippen molar-refractivity contribution in [3.8, 4) is 5.88 Å². The zero-order chi connectivity index (χ0) is 20.2. The third-order valence-electron chi connectivity index (χ3n) is 5.57. The van der Waals surface area contributed by atoms with Crippen molar-refractivity contribution < 1.29 is 9.53 Å². The second-order valence-electron chi connectivity index (χ2n) is 7.55. The molecule has 0 aromatic carbocycles. The number of piperidine rings is 1. The maximum atomic E-state index is 12.8. The molecule has 4 rings (SSSR count). The topological polar surface area (TPSA) is 74.7 Å². The number of hydrogen-bond donors (Lipinski definition) is 0. The number of aromatic nitrogens is 3. The molecule has 0 N–H and O–H groups in total. The minimum Gasteiger partial charge on any atom is -0.481 e. The van der Waals surface area contributed by atoms with E-state index in [1.165, 1.54) is 19.3 Å². The second-order valence-corrected chi connectivity index (χ2v) is 7.55. The molecule has 2 aromatic heterocycles. The quantitative estimate of drug-likeness (QED) is 0.784. The lowest BCUT2D eigenvalue weighted by molar-refractivity contribution is 0.0746. The Kier molecular flexibility index (Phi) is 5.78. The zero-order valence-corrected chi connectivity index (χ0v) is 17.2. The minimum atomic E-state index is 0.00711. The molecule has 0 saturated carbocycles. The van der Waals surface area contributed by atoms with E-state index in [0.29, 0.717) is 24.5 Å². The lowest BCUT2D eigenvalue weighted by Gasteiger charge is -2.36. The van der Waals surface area contributed by atoms with Crippen LogP contribution >= 0.6 is 0 Å². The molecule has 8 nitrogen and oxygen atoms in total. The maximum absolute atomic E-state index is 12.8. The van der Waals surface area contributed by atoms with E-state index in [9.17, 15) is 4.79 Å². The van der Waals surface area contributed by atoms with Gasteiger partial charge in [0.05, 0.1) is 12.7 Å². The van der Waals surface area contributed by atoms with Crippen LogP contribution < -0.4 is 14.5 Å². The fraction of sp³-hybridized carbons (Fsp3) is 0.524. The highest BCUT2D eigenvalue weighted by Crippen LogP contribution is 2.23. The highest BCUT2D eigenvalue weighted by molar-refractivity contribution is 5.94. The molecule has 0 radical (unpaired) electrons. The number of methoxy groups -OCH3 is 1. The number of carbonyl (C=O) groups is 1. The van der Waals surface area contributed by atoms with E-state index < -0.39 is 0 Å². The van der Waals surface area contributed by atoms with Crippen molar-refractivity contribution in [1.29, 1.82) is 0 Å². The number of aryl methyl sites for hydroxylation is 1. The van der Waals surface area contributed by atoms with Gasteiger partial charge >= 0.3 is 0 Å². The summed E-state index contributed by atoms with van der Waals surface area (Å²) in [7, 11) is 1.56. The Labute approximate surface area is 171 Å². The average molecular weight is 396 g/mol. The summed E-state index contributed by atoms with van der Waals surface area (Å²) in [5, 5.41) is 0. The molecule has 0 unspecified atom stereocenters. The predicted molar refractivity (Wildman–Crippen MR) is 112 cm³/mol. The molecule has 0 aliphatic carbocycles. The molecular weight excluding hydrogens is 368 g/mol. The first-order valence-electron chi connectivity index (χ1n) is 10.3. The van der Waals surface area contributed by atoms with Crippen molar-refractivity contribution in [2.24, 2.45) is 0 Å². The fourth-order valence-electron chi connectivity index (χ4n) is 3.93. The van der Waals surface area contributed by atoms with E-state index in [2.05, 4.69) is 30.8 Å². The number of rotatable bonds is 4. The summed E-state index contributed by atoms with van der Waals surface area (Å²) in [5.74, 6) is 3.29. The number of ether oxygens (including phenoxy) is 1. The van der Waals surface area contributed by atoms with Crippen molar-refractivity contribution >= 4 is 17.5 Å². The van der Waals surface area contributed by atoms with Crippen LogP contribution in [0.25, 0.3) is 0 Å². The molecule has 2 fully saturated rings. The Bertz CT molecular complexity index is 843. The average Bonchev–Trinajstić information content (AvgIpc) is 2.79. The van der Waals surface area contributed by atoms with Crippen LogP contribution in [0.1, 0.15) is 35.4 Å². The summed E-state index contributed by atoms with van der Waals surface area (Å²) >= 11 is 0. The van der Waals surface area contributed by atoms with Gasteiger partial charge < -0.3 is 19.4 Å². The summed E-state index contributed by atoms with van der Waals surface area (Å²) in [4.78, 5) is 32.7. The standard InChI is InChI=1S/C21H28N6O2/c1-16-23-18(25-8-4-3-5-9-25)14-19(24-16)26-10-12-27(13-11-26)21(28)17-6-7-20(29-2)22-15-17/h6-7,14-15H,3-5,8-13H2,1-2H3. The van der Waals surface area contributed by atoms with E-state index in [4.69, 9.17) is 4.74 Å². The number of piperazine rings is 1. The highest BCUT2D eigenvalue weighted by Gasteiger charge is 2.24. The maximum Gasteiger partial charge on any atom is 0.255 e. The summed E-state index contributed by atoms with van der Waals surface area (Å²) < 4.78 is 5.06. The Balaban J connectivity index is 1.41. The first-order chi connectivity index (χ1) is 14.1. The molecule has 2 saturated heterocycles. The van der Waals surface area contributed by atoms with Crippen molar-refractivity contribution in [1.82, 2.24) is 19.9 Å². The Morgan fingerprint density at radius 1 is 0.931 bits per heavy atom. The van der Waals surface area contributed by atoms with E-state index in [1.54, 1.807) is 25.4 Å². The molecule has 1 amide bonds. The first kappa shape index (κ1) is 19.4. The molecule has 0 atom stereocenters. The van der Waals surface area contributed by atoms with Crippen LogP contribution in [0.15, 0.2) is 24.4 Å². The van der Waals surface area contributed by atoms with Gasteiger partial charge in [-0.15, -0.1) is 0 Å². The Morgan fingerprint density at radius 2 is 1.59 bits per heavy atom. The van der Waals surface area contributed by atoms with Crippen LogP contribution in [0.4, 0.5) is 11.6 Å². The van der Waals surface area contributed by atoms with E-state index >= 15 is 0 Å². The normalized spacial score (nSPS) is 17.4. The second kappa shape index (κ2) is 8.63. The van der Waals surface area contributed by atoms with Gasteiger partial charge in [-0.1, -0.05) is 0 Å². The largest absolute Gasteiger partial charge is 0.481 e. The number of hydrogen-bond acceptors (Lipinski definition) is 7. The SMILES string of the molecule is COc1ccc(C(=O)N2CCN(c3cc(N4CCCCC4)nc(C)n3)CC2)cn1. The van der Waals surface area contributed by atoms with Gasteiger partial charge in [-0.2, -0.15) is 0 Å². The number of carbonyl (C=O) groups excluding carboxylic acids is 1. The monoisotopic (exact) mass is 396 g/mol. The number of pyridine rings is 1. The molecule has 2 aliphatic rings. The van der Waals surface area contributed by atoms with Gasteiger partial charge in [-0.25, -0.2) is 15.0 Å². The van der Waals surface area contributed by atoms with Crippen molar-refractivity contribution in [2.45, 2.75) is 26.2 Å².